The maximum absolute atomic E-state index is 8.09. The van der Waals surface area contributed by atoms with E-state index in [-0.39, 0.29) is 0 Å². The third kappa shape index (κ3) is 0.518. The summed E-state index contributed by atoms with van der Waals surface area (Å²) in [7, 11) is 0. The number of hydrogen-bond acceptors (Lipinski definition) is 3. The van der Waals surface area contributed by atoms with Gasteiger partial charge in [-0.15, -0.1) is 0 Å². The maximum Gasteiger partial charge on any atom is 0.161 e. The Kier molecular flexibility index (Phi) is 0.629. The highest BCUT2D eigenvalue weighted by Gasteiger charge is 2.38. The quantitative estimate of drug-likeness (QED) is 0.343. The molecule has 0 aromatic heterocycles. The van der Waals surface area contributed by atoms with Crippen LogP contribution in [0.15, 0.2) is 0 Å². The van der Waals surface area contributed by atoms with Crippen LogP contribution in [0.3, 0.4) is 0 Å². The second-order valence-corrected chi connectivity index (χ2v) is 1.63. The first-order valence-electron chi connectivity index (χ1n) is 1.82. The second kappa shape index (κ2) is 0.932. The Labute approximate surface area is 35.9 Å². The number of epoxide rings is 1. The fourth-order valence-electron chi connectivity index (χ4n) is 0.173. The molecule has 1 atom stereocenters. The van der Waals surface area contributed by atoms with Crippen LogP contribution in [0.1, 0.15) is 6.92 Å². The monoisotopic (exact) mass is 89.0 g/mol. The van der Waals surface area contributed by atoms with E-state index in [9.17, 15) is 0 Å². The van der Waals surface area contributed by atoms with E-state index >= 15 is 0 Å². The van der Waals surface area contributed by atoms with Crippen molar-refractivity contribution in [2.45, 2.75) is 12.6 Å². The Balaban J connectivity index is 2.28. The molecule has 6 heavy (non-hydrogen) atoms. The fraction of sp³-hybridized carbons (Fsp3) is 1.00. The SMILES string of the molecule is CC1(NO)CO1. The van der Waals surface area contributed by atoms with Crippen LogP contribution in [-0.2, 0) is 4.74 Å². The fourth-order valence-corrected chi connectivity index (χ4v) is 0.173. The first kappa shape index (κ1) is 4.05. The molecule has 0 spiro atoms. The lowest BCUT2D eigenvalue weighted by molar-refractivity contribution is 0.0669. The van der Waals surface area contributed by atoms with E-state index in [4.69, 9.17) is 5.21 Å². The Morgan fingerprint density at radius 2 is 2.50 bits per heavy atom. The molecule has 3 heteroatoms. The molecule has 1 unspecified atom stereocenters. The van der Waals surface area contributed by atoms with Crippen molar-refractivity contribution in [3.05, 3.63) is 0 Å². The van der Waals surface area contributed by atoms with Gasteiger partial charge in [0.05, 0.1) is 6.61 Å². The summed E-state index contributed by atoms with van der Waals surface area (Å²) in [5.41, 5.74) is 1.59. The van der Waals surface area contributed by atoms with E-state index in [0.717, 1.165) is 0 Å². The molecule has 0 aliphatic carbocycles. The predicted molar refractivity (Wildman–Crippen MR) is 19.3 cm³/mol. The molecule has 1 heterocycles. The number of hydrogen-bond donors (Lipinski definition) is 2. The van der Waals surface area contributed by atoms with E-state index in [2.05, 4.69) is 4.74 Å². The highest BCUT2D eigenvalue weighted by atomic mass is 16.7. The second-order valence-electron chi connectivity index (χ2n) is 1.63. The van der Waals surface area contributed by atoms with Crippen molar-refractivity contribution in [3.63, 3.8) is 0 Å². The van der Waals surface area contributed by atoms with Crippen molar-refractivity contribution in [1.29, 1.82) is 0 Å². The summed E-state index contributed by atoms with van der Waals surface area (Å²) < 4.78 is 4.68. The topological polar surface area (TPSA) is 44.8 Å². The van der Waals surface area contributed by atoms with Gasteiger partial charge in [0, 0.05) is 0 Å². The lowest BCUT2D eigenvalue weighted by Crippen LogP contribution is -2.24. The lowest BCUT2D eigenvalue weighted by atomic mass is 10.4. The summed E-state index contributed by atoms with van der Waals surface area (Å²) >= 11 is 0. The smallest absolute Gasteiger partial charge is 0.161 e. The average Bonchev–Trinajstić information content (AvgIpc) is 2.22. The molecule has 0 radical (unpaired) electrons. The van der Waals surface area contributed by atoms with Gasteiger partial charge in [-0.05, 0) is 6.92 Å². The summed E-state index contributed by atoms with van der Waals surface area (Å²) in [4.78, 5) is 0. The summed E-state index contributed by atoms with van der Waals surface area (Å²) in [6.07, 6.45) is 0. The van der Waals surface area contributed by atoms with Crippen molar-refractivity contribution in [3.8, 4) is 0 Å². The molecule has 0 aromatic carbocycles. The van der Waals surface area contributed by atoms with Crippen molar-refractivity contribution < 1.29 is 9.94 Å². The molecule has 1 saturated heterocycles. The number of hydroxylamine groups is 1. The Morgan fingerprint density at radius 3 is 2.50 bits per heavy atom. The van der Waals surface area contributed by atoms with Gasteiger partial charge in [0.25, 0.3) is 0 Å². The van der Waals surface area contributed by atoms with Crippen LogP contribution in [-0.4, -0.2) is 17.5 Å². The van der Waals surface area contributed by atoms with Gasteiger partial charge in [-0.1, -0.05) is 0 Å². The van der Waals surface area contributed by atoms with Gasteiger partial charge in [0.15, 0.2) is 5.72 Å². The van der Waals surface area contributed by atoms with Crippen molar-refractivity contribution in [1.82, 2.24) is 5.48 Å². The summed E-state index contributed by atoms with van der Waals surface area (Å²) in [6, 6.07) is 0. The summed E-state index contributed by atoms with van der Waals surface area (Å²) in [5, 5.41) is 8.09. The molecular weight excluding hydrogens is 82.0 g/mol. The van der Waals surface area contributed by atoms with Gasteiger partial charge in [-0.3, -0.25) is 0 Å². The lowest BCUT2D eigenvalue weighted by Gasteiger charge is -1.94. The number of nitrogens with one attached hydrogen (secondary N) is 1. The molecule has 1 aliphatic heterocycles. The molecule has 1 rings (SSSR count). The minimum Gasteiger partial charge on any atom is -0.352 e. The minimum atomic E-state index is -0.403. The summed E-state index contributed by atoms with van der Waals surface area (Å²) in [5.74, 6) is 0. The third-order valence-corrected chi connectivity index (χ3v) is 0.814. The van der Waals surface area contributed by atoms with Crippen LogP contribution in [0.5, 0.6) is 0 Å². The van der Waals surface area contributed by atoms with E-state index in [1.165, 1.54) is 0 Å². The van der Waals surface area contributed by atoms with E-state index < -0.39 is 5.72 Å². The summed E-state index contributed by atoms with van der Waals surface area (Å²) in [6.45, 7) is 2.39. The van der Waals surface area contributed by atoms with E-state index in [1.807, 2.05) is 5.48 Å². The molecule has 0 saturated carbocycles. The van der Waals surface area contributed by atoms with Crippen LogP contribution in [0.25, 0.3) is 0 Å². The van der Waals surface area contributed by atoms with Gasteiger partial charge in [0.2, 0.25) is 0 Å². The minimum absolute atomic E-state index is 0.403. The van der Waals surface area contributed by atoms with Gasteiger partial charge in [-0.25, -0.2) is 0 Å². The third-order valence-electron chi connectivity index (χ3n) is 0.814. The molecular formula is C3H7NO2. The van der Waals surface area contributed by atoms with Crippen molar-refractivity contribution in [2.24, 2.45) is 0 Å². The first-order valence-corrected chi connectivity index (χ1v) is 1.82. The largest absolute Gasteiger partial charge is 0.352 e. The molecule has 2 N–H and O–H groups in total. The Morgan fingerprint density at radius 1 is 2.00 bits per heavy atom. The zero-order chi connectivity index (χ0) is 4.62. The Bertz CT molecular complexity index is 59.8. The molecule has 0 amide bonds. The molecule has 1 aliphatic rings. The van der Waals surface area contributed by atoms with Gasteiger partial charge in [-0.2, -0.15) is 5.48 Å². The maximum atomic E-state index is 8.09. The normalized spacial score (nSPS) is 43.0. The van der Waals surface area contributed by atoms with Gasteiger partial charge >= 0.3 is 0 Å². The van der Waals surface area contributed by atoms with E-state index in [0.29, 0.717) is 6.61 Å². The number of ether oxygens (including phenoxy) is 1. The first-order chi connectivity index (χ1) is 2.77. The Hall–Kier alpha value is -0.120. The molecule has 1 fully saturated rings. The van der Waals surface area contributed by atoms with Gasteiger partial charge in [0.1, 0.15) is 0 Å². The zero-order valence-electron chi connectivity index (χ0n) is 3.56. The van der Waals surface area contributed by atoms with Crippen LogP contribution >= 0.6 is 0 Å². The standard InChI is InChI=1S/C3H7NO2/c1-3(4-5)2-6-3/h4-5H,2H2,1H3. The van der Waals surface area contributed by atoms with E-state index in [1.54, 1.807) is 6.92 Å². The highest BCUT2D eigenvalue weighted by molar-refractivity contribution is 4.78. The van der Waals surface area contributed by atoms with Crippen LogP contribution in [0, 0.1) is 0 Å². The van der Waals surface area contributed by atoms with Crippen LogP contribution in [0.4, 0.5) is 0 Å². The predicted octanol–water partition coefficient (Wildman–Crippen LogP) is -0.288. The molecule has 36 valence electrons. The zero-order valence-corrected chi connectivity index (χ0v) is 3.56. The van der Waals surface area contributed by atoms with Gasteiger partial charge < -0.3 is 9.94 Å². The van der Waals surface area contributed by atoms with Crippen LogP contribution < -0.4 is 5.48 Å². The van der Waals surface area contributed by atoms with Crippen molar-refractivity contribution in [2.75, 3.05) is 6.61 Å². The van der Waals surface area contributed by atoms with Crippen molar-refractivity contribution >= 4 is 0 Å². The molecule has 0 aromatic rings. The molecule has 3 nitrogen and oxygen atoms in total. The molecule has 0 bridgehead atoms. The van der Waals surface area contributed by atoms with Crippen LogP contribution in [0.2, 0.25) is 0 Å². The number of rotatable bonds is 1. The average molecular weight is 89.1 g/mol. The highest BCUT2D eigenvalue weighted by Crippen LogP contribution is 2.19.